The highest BCUT2D eigenvalue weighted by Gasteiger charge is 2.22. The van der Waals surface area contributed by atoms with E-state index >= 15 is 0 Å². The number of hydrogen-bond acceptors (Lipinski definition) is 7. The van der Waals surface area contributed by atoms with Crippen LogP contribution in [-0.4, -0.2) is 19.5 Å². The summed E-state index contributed by atoms with van der Waals surface area (Å²) in [6.45, 7) is 3.17. The molecule has 0 saturated carbocycles. The van der Waals surface area contributed by atoms with Crippen LogP contribution in [0.2, 0.25) is 0 Å². The molecule has 2 aromatic heterocycles. The van der Waals surface area contributed by atoms with E-state index in [-0.39, 0.29) is 39.7 Å². The van der Waals surface area contributed by atoms with Crippen molar-refractivity contribution in [3.63, 3.8) is 0 Å². The van der Waals surface area contributed by atoms with Gasteiger partial charge >= 0.3 is 0 Å². The van der Waals surface area contributed by atoms with Gasteiger partial charge in [-0.15, -0.1) is 0 Å². The van der Waals surface area contributed by atoms with Crippen molar-refractivity contribution >= 4 is 22.7 Å². The molecule has 0 saturated heterocycles. The molecule has 4 rings (SSSR count). The van der Waals surface area contributed by atoms with Gasteiger partial charge in [0.2, 0.25) is 5.95 Å². The van der Waals surface area contributed by atoms with E-state index in [9.17, 15) is 23.2 Å². The number of nitrogen functional groups attached to an aromatic ring is 1. The monoisotopic (exact) mass is 451 g/mol. The molecule has 0 aliphatic rings. The molecule has 0 aliphatic carbocycles. The van der Waals surface area contributed by atoms with Crippen molar-refractivity contribution in [2.75, 3.05) is 11.1 Å². The normalized spacial score (nSPS) is 11.9. The van der Waals surface area contributed by atoms with Crippen molar-refractivity contribution in [1.29, 1.82) is 5.26 Å². The van der Waals surface area contributed by atoms with Gasteiger partial charge in [-0.2, -0.15) is 10.2 Å². The minimum atomic E-state index is -0.928. The van der Waals surface area contributed by atoms with Crippen molar-refractivity contribution in [2.45, 2.75) is 19.9 Å². The van der Waals surface area contributed by atoms with Gasteiger partial charge in [-0.25, -0.2) is 23.1 Å². The first kappa shape index (κ1) is 21.8. The number of halogens is 3. The van der Waals surface area contributed by atoms with E-state index in [1.165, 1.54) is 12.1 Å². The number of nitriles is 1. The number of nitrogens with two attached hydrogens (primary N) is 1. The summed E-state index contributed by atoms with van der Waals surface area (Å²) in [5.74, 6) is -2.68. The number of aryl methyl sites for hydroxylation is 1. The summed E-state index contributed by atoms with van der Waals surface area (Å²) in [5.41, 5.74) is 5.16. The fourth-order valence-corrected chi connectivity index (χ4v) is 3.52. The first-order valence-corrected chi connectivity index (χ1v) is 9.68. The zero-order chi connectivity index (χ0) is 23.9. The quantitative estimate of drug-likeness (QED) is 0.487. The van der Waals surface area contributed by atoms with Crippen LogP contribution in [0.4, 0.5) is 24.9 Å². The Labute approximate surface area is 185 Å². The van der Waals surface area contributed by atoms with E-state index in [0.29, 0.717) is 11.8 Å². The molecule has 0 aliphatic heterocycles. The Balaban J connectivity index is 1.97. The van der Waals surface area contributed by atoms with Gasteiger partial charge in [0.15, 0.2) is 0 Å². The maximum atomic E-state index is 14.5. The van der Waals surface area contributed by atoms with E-state index in [0.717, 1.165) is 22.8 Å². The smallest absolute Gasteiger partial charge is 0.269 e. The molecule has 4 aromatic rings. The molecule has 0 bridgehead atoms. The third kappa shape index (κ3) is 3.94. The summed E-state index contributed by atoms with van der Waals surface area (Å²) in [6, 6.07) is 7.58. The van der Waals surface area contributed by atoms with Crippen LogP contribution >= 0.6 is 0 Å². The third-order valence-electron chi connectivity index (χ3n) is 4.94. The average molecular weight is 451 g/mol. The van der Waals surface area contributed by atoms with Gasteiger partial charge in [0.05, 0.1) is 22.9 Å². The van der Waals surface area contributed by atoms with Gasteiger partial charge in [0, 0.05) is 6.07 Å². The lowest BCUT2D eigenvalue weighted by atomic mass is 10.1. The van der Waals surface area contributed by atoms with Crippen LogP contribution in [0.15, 0.2) is 41.2 Å². The zero-order valence-electron chi connectivity index (χ0n) is 17.4. The van der Waals surface area contributed by atoms with Crippen molar-refractivity contribution in [1.82, 2.24) is 19.5 Å². The first-order valence-electron chi connectivity index (χ1n) is 9.68. The third-order valence-corrected chi connectivity index (χ3v) is 4.94. The van der Waals surface area contributed by atoms with E-state index < -0.39 is 29.1 Å². The fraction of sp³-hybridized carbons (Fsp3) is 0.136. The van der Waals surface area contributed by atoms with Crippen molar-refractivity contribution < 1.29 is 13.2 Å². The SMILES string of the molecule is Cc1nc(N)nc(N[C@@H](C)c2nc3cccc(F)c3c(=O)n2-c2cc(F)cc(F)c2)c1C#N. The van der Waals surface area contributed by atoms with Crippen LogP contribution in [0.25, 0.3) is 16.6 Å². The predicted molar refractivity (Wildman–Crippen MR) is 115 cm³/mol. The molecule has 2 heterocycles. The fourth-order valence-electron chi connectivity index (χ4n) is 3.52. The topological polar surface area (TPSA) is 123 Å². The molecule has 166 valence electrons. The van der Waals surface area contributed by atoms with E-state index in [2.05, 4.69) is 20.3 Å². The second-order valence-corrected chi connectivity index (χ2v) is 7.24. The lowest BCUT2D eigenvalue weighted by Crippen LogP contribution is -2.28. The summed E-state index contributed by atoms with van der Waals surface area (Å²) >= 11 is 0. The molecule has 0 fully saturated rings. The molecule has 0 unspecified atom stereocenters. The highest BCUT2D eigenvalue weighted by Crippen LogP contribution is 2.25. The van der Waals surface area contributed by atoms with Gasteiger partial charge in [-0.05, 0) is 38.1 Å². The Morgan fingerprint density at radius 2 is 1.82 bits per heavy atom. The summed E-state index contributed by atoms with van der Waals surface area (Å²) in [7, 11) is 0. The number of fused-ring (bicyclic) bond motifs is 1. The Kier molecular flexibility index (Phi) is 5.43. The van der Waals surface area contributed by atoms with Gasteiger partial charge in [-0.3, -0.25) is 9.36 Å². The molecule has 11 heteroatoms. The van der Waals surface area contributed by atoms with Gasteiger partial charge in [0.25, 0.3) is 5.56 Å². The standard InChI is InChI=1S/C22H16F3N7O/c1-10-15(9-26)19(31-22(27)29-10)28-11(2)20-30-17-5-3-4-16(25)18(17)21(33)32(20)14-7-12(23)6-13(24)8-14/h3-8,11H,1-2H3,(H3,27,28,29,31)/t11-/m0/s1. The molecular formula is C22H16F3N7O. The number of hydrogen-bond donors (Lipinski definition) is 2. The Bertz CT molecular complexity index is 1490. The molecule has 8 nitrogen and oxygen atoms in total. The highest BCUT2D eigenvalue weighted by molar-refractivity contribution is 5.78. The summed E-state index contributed by atoms with van der Waals surface area (Å²) in [6.07, 6.45) is 0. The largest absolute Gasteiger partial charge is 0.368 e. The van der Waals surface area contributed by atoms with Crippen molar-refractivity contribution in [2.24, 2.45) is 0 Å². The van der Waals surface area contributed by atoms with Crippen LogP contribution in [0.1, 0.15) is 30.0 Å². The zero-order valence-corrected chi connectivity index (χ0v) is 17.4. The maximum Gasteiger partial charge on any atom is 0.269 e. The van der Waals surface area contributed by atoms with E-state index in [1.807, 2.05) is 6.07 Å². The summed E-state index contributed by atoms with van der Waals surface area (Å²) in [4.78, 5) is 25.7. The molecule has 0 amide bonds. The Morgan fingerprint density at radius 1 is 1.12 bits per heavy atom. The minimum absolute atomic E-state index is 0.00169. The molecule has 2 aromatic carbocycles. The highest BCUT2D eigenvalue weighted by atomic mass is 19.1. The molecule has 33 heavy (non-hydrogen) atoms. The second kappa shape index (κ2) is 8.23. The number of benzene rings is 2. The number of nitrogens with zero attached hydrogens (tertiary/aromatic N) is 5. The number of nitrogens with one attached hydrogen (secondary N) is 1. The molecule has 0 radical (unpaired) electrons. The summed E-state index contributed by atoms with van der Waals surface area (Å²) < 4.78 is 43.3. The molecular weight excluding hydrogens is 435 g/mol. The van der Waals surface area contributed by atoms with E-state index in [4.69, 9.17) is 5.73 Å². The molecule has 0 spiro atoms. The second-order valence-electron chi connectivity index (χ2n) is 7.24. The average Bonchev–Trinajstić information content (AvgIpc) is 2.72. The van der Waals surface area contributed by atoms with Crippen LogP contribution in [-0.2, 0) is 0 Å². The Morgan fingerprint density at radius 3 is 2.48 bits per heavy atom. The van der Waals surface area contributed by atoms with Crippen LogP contribution < -0.4 is 16.6 Å². The Hall–Kier alpha value is -4.46. The first-order chi connectivity index (χ1) is 15.7. The van der Waals surface area contributed by atoms with Crippen LogP contribution in [0, 0.1) is 35.7 Å². The molecule has 3 N–H and O–H groups in total. The van der Waals surface area contributed by atoms with Crippen LogP contribution in [0.3, 0.4) is 0 Å². The minimum Gasteiger partial charge on any atom is -0.368 e. The van der Waals surface area contributed by atoms with E-state index in [1.54, 1.807) is 13.8 Å². The lowest BCUT2D eigenvalue weighted by molar-refractivity contribution is 0.579. The number of anilines is 2. The van der Waals surface area contributed by atoms with Crippen LogP contribution in [0.5, 0.6) is 0 Å². The van der Waals surface area contributed by atoms with Crippen molar-refractivity contribution in [3.05, 3.63) is 81.3 Å². The van der Waals surface area contributed by atoms with Gasteiger partial charge in [-0.1, -0.05) is 6.07 Å². The number of rotatable bonds is 4. The predicted octanol–water partition coefficient (Wildman–Crippen LogP) is 3.53. The van der Waals surface area contributed by atoms with Gasteiger partial charge in [0.1, 0.15) is 46.1 Å². The summed E-state index contributed by atoms with van der Waals surface area (Å²) in [5, 5.41) is 12.1. The number of aromatic nitrogens is 4. The lowest BCUT2D eigenvalue weighted by Gasteiger charge is -2.21. The van der Waals surface area contributed by atoms with Crippen molar-refractivity contribution in [3.8, 4) is 11.8 Å². The van der Waals surface area contributed by atoms with Gasteiger partial charge < -0.3 is 11.1 Å². The maximum absolute atomic E-state index is 14.5. The molecule has 1 atom stereocenters.